The van der Waals surface area contributed by atoms with Crippen LogP contribution in [0.4, 0.5) is 9.52 Å². The third-order valence-corrected chi connectivity index (χ3v) is 6.01. The van der Waals surface area contributed by atoms with E-state index < -0.39 is 0 Å². The van der Waals surface area contributed by atoms with Gasteiger partial charge in [0.1, 0.15) is 11.6 Å². The van der Waals surface area contributed by atoms with Gasteiger partial charge in [0.15, 0.2) is 5.13 Å². The van der Waals surface area contributed by atoms with E-state index in [0.717, 1.165) is 22.6 Å². The van der Waals surface area contributed by atoms with Gasteiger partial charge in [-0.2, -0.15) is 4.68 Å². The number of hydrogen-bond acceptors (Lipinski definition) is 8. The van der Waals surface area contributed by atoms with Crippen LogP contribution >= 0.6 is 23.1 Å². The van der Waals surface area contributed by atoms with E-state index in [1.54, 1.807) is 25.4 Å². The number of benzene rings is 2. The minimum absolute atomic E-state index is 0.106. The zero-order valence-corrected chi connectivity index (χ0v) is 18.0. The first-order valence-electron chi connectivity index (χ1n) is 9.15. The predicted octanol–water partition coefficient (Wildman–Crippen LogP) is 3.59. The molecule has 0 unspecified atom stereocenters. The molecular weight excluding hydrogens is 439 g/mol. The maximum Gasteiger partial charge on any atom is 0.236 e. The number of rotatable bonds is 8. The first-order chi connectivity index (χ1) is 15.1. The van der Waals surface area contributed by atoms with Crippen molar-refractivity contribution in [3.8, 4) is 11.4 Å². The van der Waals surface area contributed by atoms with Crippen molar-refractivity contribution in [1.82, 2.24) is 25.2 Å². The van der Waals surface area contributed by atoms with Gasteiger partial charge in [0.2, 0.25) is 11.1 Å². The van der Waals surface area contributed by atoms with Crippen LogP contribution in [0.5, 0.6) is 5.75 Å². The third kappa shape index (κ3) is 5.44. The number of nitrogens with zero attached hydrogens (tertiary/aromatic N) is 5. The van der Waals surface area contributed by atoms with Gasteiger partial charge in [-0.1, -0.05) is 23.9 Å². The number of thiazole rings is 1. The van der Waals surface area contributed by atoms with Crippen LogP contribution in [0.2, 0.25) is 0 Å². The number of anilines is 1. The number of thioether (sulfide) groups is 1. The first-order valence-corrected chi connectivity index (χ1v) is 11.0. The number of ether oxygens (including phenoxy) is 1. The molecule has 0 saturated heterocycles. The average Bonchev–Trinajstić information content (AvgIpc) is 3.43. The summed E-state index contributed by atoms with van der Waals surface area (Å²) in [7, 11) is 1.63. The van der Waals surface area contributed by atoms with Gasteiger partial charge in [-0.25, -0.2) is 9.37 Å². The van der Waals surface area contributed by atoms with Crippen LogP contribution in [0.3, 0.4) is 0 Å². The third-order valence-electron chi connectivity index (χ3n) is 4.18. The highest BCUT2D eigenvalue weighted by molar-refractivity contribution is 7.99. The average molecular weight is 457 g/mol. The SMILES string of the molecule is COc1ccc(Cc2cnc(NC(=O)CSc3nnnn3-c3ccc(F)cc3)s2)cc1. The minimum atomic E-state index is -0.347. The van der Waals surface area contributed by atoms with Crippen molar-refractivity contribution in [2.24, 2.45) is 0 Å². The Hall–Kier alpha value is -3.31. The molecular formula is C20H17FN6O2S2. The van der Waals surface area contributed by atoms with Crippen LogP contribution in [0.25, 0.3) is 5.69 Å². The summed E-state index contributed by atoms with van der Waals surface area (Å²) in [5.74, 6) is 0.350. The first kappa shape index (κ1) is 20.9. The van der Waals surface area contributed by atoms with E-state index >= 15 is 0 Å². The van der Waals surface area contributed by atoms with E-state index in [1.807, 2.05) is 24.3 Å². The molecule has 0 atom stereocenters. The van der Waals surface area contributed by atoms with E-state index in [4.69, 9.17) is 4.74 Å². The van der Waals surface area contributed by atoms with Gasteiger partial charge in [0.05, 0.1) is 18.6 Å². The van der Waals surface area contributed by atoms with Gasteiger partial charge < -0.3 is 10.1 Å². The van der Waals surface area contributed by atoms with Gasteiger partial charge in [-0.05, 0) is 52.4 Å². The molecule has 4 aromatic rings. The molecule has 2 aromatic heterocycles. The van der Waals surface area contributed by atoms with Crippen LogP contribution in [0.1, 0.15) is 10.4 Å². The van der Waals surface area contributed by atoms with Crippen molar-refractivity contribution in [2.75, 3.05) is 18.2 Å². The number of halogens is 1. The molecule has 0 radical (unpaired) electrons. The quantitative estimate of drug-likeness (QED) is 0.405. The molecule has 2 heterocycles. The summed E-state index contributed by atoms with van der Waals surface area (Å²) in [6, 6.07) is 13.6. The fourth-order valence-corrected chi connectivity index (χ4v) is 4.24. The van der Waals surface area contributed by atoms with Crippen LogP contribution < -0.4 is 10.1 Å². The maximum atomic E-state index is 13.1. The number of aromatic nitrogens is 5. The van der Waals surface area contributed by atoms with Gasteiger partial charge in [-0.15, -0.1) is 16.4 Å². The highest BCUT2D eigenvalue weighted by atomic mass is 32.2. The van der Waals surface area contributed by atoms with E-state index in [1.165, 1.54) is 39.9 Å². The second-order valence-electron chi connectivity index (χ2n) is 6.34. The molecule has 0 spiro atoms. The summed E-state index contributed by atoms with van der Waals surface area (Å²) in [6.07, 6.45) is 2.48. The molecule has 0 aliphatic heterocycles. The molecule has 11 heteroatoms. The Morgan fingerprint density at radius 3 is 2.71 bits per heavy atom. The zero-order chi connectivity index (χ0) is 21.6. The smallest absolute Gasteiger partial charge is 0.236 e. The lowest BCUT2D eigenvalue weighted by atomic mass is 10.1. The molecule has 31 heavy (non-hydrogen) atoms. The Morgan fingerprint density at radius 1 is 1.19 bits per heavy atom. The standard InChI is InChI=1S/C20H17FN6O2S2/c1-29-16-8-2-13(3-9-16)10-17-11-22-19(31-17)23-18(28)12-30-20-24-25-26-27(20)15-6-4-14(21)5-7-15/h2-9,11H,10,12H2,1H3,(H,22,23,28). The number of carbonyl (C=O) groups is 1. The number of methoxy groups -OCH3 is 1. The molecule has 0 fully saturated rings. The molecule has 1 N–H and O–H groups in total. The molecule has 0 bridgehead atoms. The topological polar surface area (TPSA) is 94.8 Å². The molecule has 2 aromatic carbocycles. The largest absolute Gasteiger partial charge is 0.497 e. The summed E-state index contributed by atoms with van der Waals surface area (Å²) in [5.41, 5.74) is 1.74. The van der Waals surface area contributed by atoms with Gasteiger partial charge >= 0.3 is 0 Å². The van der Waals surface area contributed by atoms with Crippen molar-refractivity contribution >= 4 is 34.1 Å². The summed E-state index contributed by atoms with van der Waals surface area (Å²) >= 11 is 2.61. The summed E-state index contributed by atoms with van der Waals surface area (Å²) in [6.45, 7) is 0. The predicted molar refractivity (Wildman–Crippen MR) is 116 cm³/mol. The molecule has 0 saturated carbocycles. The van der Waals surface area contributed by atoms with E-state index in [0.29, 0.717) is 16.0 Å². The van der Waals surface area contributed by atoms with E-state index in [-0.39, 0.29) is 17.5 Å². The van der Waals surface area contributed by atoms with Crippen LogP contribution in [-0.2, 0) is 11.2 Å². The second-order valence-corrected chi connectivity index (χ2v) is 8.40. The minimum Gasteiger partial charge on any atom is -0.497 e. The van der Waals surface area contributed by atoms with Crippen LogP contribution in [0.15, 0.2) is 59.9 Å². The molecule has 4 rings (SSSR count). The van der Waals surface area contributed by atoms with Gasteiger partial charge in [0, 0.05) is 17.5 Å². The van der Waals surface area contributed by atoms with Crippen LogP contribution in [-0.4, -0.2) is 44.0 Å². The van der Waals surface area contributed by atoms with Crippen molar-refractivity contribution in [3.63, 3.8) is 0 Å². The Morgan fingerprint density at radius 2 is 1.97 bits per heavy atom. The van der Waals surface area contributed by atoms with E-state index in [2.05, 4.69) is 25.8 Å². The Kier molecular flexibility index (Phi) is 6.53. The number of hydrogen-bond donors (Lipinski definition) is 1. The Bertz CT molecular complexity index is 1160. The Labute approximate surface area is 185 Å². The highest BCUT2D eigenvalue weighted by Crippen LogP contribution is 2.23. The van der Waals surface area contributed by atoms with Gasteiger partial charge in [0.25, 0.3) is 0 Å². The van der Waals surface area contributed by atoms with Crippen molar-refractivity contribution < 1.29 is 13.9 Å². The second kappa shape index (κ2) is 9.67. The monoisotopic (exact) mass is 456 g/mol. The maximum absolute atomic E-state index is 13.1. The summed E-state index contributed by atoms with van der Waals surface area (Å²) in [4.78, 5) is 17.6. The lowest BCUT2D eigenvalue weighted by Crippen LogP contribution is -2.14. The summed E-state index contributed by atoms with van der Waals surface area (Å²) in [5, 5.41) is 15.2. The number of nitrogens with one attached hydrogen (secondary N) is 1. The highest BCUT2D eigenvalue weighted by Gasteiger charge is 2.13. The molecule has 0 aliphatic carbocycles. The van der Waals surface area contributed by atoms with Crippen LogP contribution in [0, 0.1) is 5.82 Å². The Balaban J connectivity index is 1.32. The number of tetrazole rings is 1. The fraction of sp³-hybridized carbons (Fsp3) is 0.150. The van der Waals surface area contributed by atoms with Gasteiger partial charge in [-0.3, -0.25) is 4.79 Å². The van der Waals surface area contributed by atoms with Crippen molar-refractivity contribution in [2.45, 2.75) is 11.6 Å². The summed E-state index contributed by atoms with van der Waals surface area (Å²) < 4.78 is 19.7. The lowest BCUT2D eigenvalue weighted by molar-refractivity contribution is -0.113. The lowest BCUT2D eigenvalue weighted by Gasteiger charge is -2.04. The van der Waals surface area contributed by atoms with Crippen molar-refractivity contribution in [3.05, 3.63) is 71.0 Å². The zero-order valence-electron chi connectivity index (χ0n) is 16.4. The molecule has 8 nitrogen and oxygen atoms in total. The van der Waals surface area contributed by atoms with Crippen molar-refractivity contribution in [1.29, 1.82) is 0 Å². The molecule has 158 valence electrons. The number of carbonyl (C=O) groups excluding carboxylic acids is 1. The number of amides is 1. The molecule has 1 amide bonds. The normalized spacial score (nSPS) is 10.8. The van der Waals surface area contributed by atoms with E-state index in [9.17, 15) is 9.18 Å². The molecule has 0 aliphatic rings. The fourth-order valence-electron chi connectivity index (χ4n) is 2.69.